The van der Waals surface area contributed by atoms with Gasteiger partial charge in [0.05, 0.1) is 0 Å². The molecule has 0 bridgehead atoms. The van der Waals surface area contributed by atoms with Crippen LogP contribution in [0.1, 0.15) is 32.6 Å². The molecule has 0 heterocycles. The van der Waals surface area contributed by atoms with Gasteiger partial charge in [0.25, 0.3) is 0 Å². The Morgan fingerprint density at radius 1 is 1.13 bits per heavy atom. The van der Waals surface area contributed by atoms with Crippen molar-refractivity contribution in [3.05, 3.63) is 0 Å². The molecule has 15 heavy (non-hydrogen) atoms. The minimum atomic E-state index is -0.752. The van der Waals surface area contributed by atoms with E-state index in [0.29, 0.717) is 25.9 Å². The van der Waals surface area contributed by atoms with Crippen LogP contribution >= 0.6 is 0 Å². The molecule has 5 nitrogen and oxygen atoms in total. The molecule has 0 radical (unpaired) electrons. The van der Waals surface area contributed by atoms with Crippen LogP contribution in [0.5, 0.6) is 0 Å². The van der Waals surface area contributed by atoms with Gasteiger partial charge in [-0.3, -0.25) is 9.59 Å². The first kappa shape index (κ1) is 13.9. The van der Waals surface area contributed by atoms with Gasteiger partial charge in [-0.05, 0) is 26.3 Å². The van der Waals surface area contributed by atoms with Gasteiger partial charge in [-0.15, -0.1) is 0 Å². The molecule has 1 amide bonds. The molecule has 5 heteroatoms. The lowest BCUT2D eigenvalue weighted by atomic mass is 10.2. The molecule has 0 spiro atoms. The second kappa shape index (κ2) is 9.45. The average Bonchev–Trinajstić information content (AvgIpc) is 2.16. The number of carbonyl (C=O) groups excluding carboxylic acids is 1. The Balaban J connectivity index is 3.11. The number of unbranched alkanes of at least 4 members (excludes halogenated alkanes) is 1. The number of rotatable bonds is 9. The smallest absolute Gasteiger partial charge is 0.303 e. The van der Waals surface area contributed by atoms with Crippen LogP contribution in [0, 0.1) is 0 Å². The van der Waals surface area contributed by atoms with Gasteiger partial charge in [0, 0.05) is 25.9 Å². The SMILES string of the molecule is CCNC(=O)CCNCCCCC(=O)O. The highest BCUT2D eigenvalue weighted by Gasteiger charge is 1.98. The number of nitrogens with one attached hydrogen (secondary N) is 2. The van der Waals surface area contributed by atoms with Gasteiger partial charge >= 0.3 is 5.97 Å². The fourth-order valence-electron chi connectivity index (χ4n) is 1.14. The summed E-state index contributed by atoms with van der Waals surface area (Å²) in [5, 5.41) is 14.2. The third-order valence-electron chi connectivity index (χ3n) is 1.90. The Kier molecular flexibility index (Phi) is 8.76. The van der Waals surface area contributed by atoms with E-state index < -0.39 is 5.97 Å². The summed E-state index contributed by atoms with van der Waals surface area (Å²) in [5.41, 5.74) is 0. The van der Waals surface area contributed by atoms with E-state index in [-0.39, 0.29) is 12.3 Å². The van der Waals surface area contributed by atoms with Crippen molar-refractivity contribution in [3.8, 4) is 0 Å². The maximum absolute atomic E-state index is 11.0. The summed E-state index contributed by atoms with van der Waals surface area (Å²) < 4.78 is 0. The Bertz CT molecular complexity index is 195. The largest absolute Gasteiger partial charge is 0.481 e. The lowest BCUT2D eigenvalue weighted by molar-refractivity contribution is -0.137. The van der Waals surface area contributed by atoms with Crippen LogP contribution in [0.2, 0.25) is 0 Å². The van der Waals surface area contributed by atoms with Crippen LogP contribution in [0.25, 0.3) is 0 Å². The molecule has 3 N–H and O–H groups in total. The summed E-state index contributed by atoms with van der Waals surface area (Å²) in [5.74, 6) is -0.701. The number of hydrogen-bond donors (Lipinski definition) is 3. The summed E-state index contributed by atoms with van der Waals surface area (Å²) >= 11 is 0. The van der Waals surface area contributed by atoms with Crippen molar-refractivity contribution in [2.75, 3.05) is 19.6 Å². The van der Waals surface area contributed by atoms with Crippen molar-refractivity contribution in [2.45, 2.75) is 32.6 Å². The molecular formula is C10H20N2O3. The third kappa shape index (κ3) is 10.8. The Hall–Kier alpha value is -1.10. The van der Waals surface area contributed by atoms with Crippen LogP contribution in [-0.4, -0.2) is 36.6 Å². The zero-order valence-electron chi connectivity index (χ0n) is 9.21. The van der Waals surface area contributed by atoms with Crippen molar-refractivity contribution >= 4 is 11.9 Å². The van der Waals surface area contributed by atoms with E-state index in [9.17, 15) is 9.59 Å². The Morgan fingerprint density at radius 2 is 1.87 bits per heavy atom. The van der Waals surface area contributed by atoms with Crippen molar-refractivity contribution in [1.29, 1.82) is 0 Å². The molecule has 0 aliphatic rings. The van der Waals surface area contributed by atoms with Crippen molar-refractivity contribution in [3.63, 3.8) is 0 Å². The second-order valence-corrected chi connectivity index (χ2v) is 3.30. The molecule has 0 saturated carbocycles. The molecule has 88 valence electrons. The van der Waals surface area contributed by atoms with Gasteiger partial charge in [0.1, 0.15) is 0 Å². The van der Waals surface area contributed by atoms with E-state index in [1.165, 1.54) is 0 Å². The van der Waals surface area contributed by atoms with Gasteiger partial charge in [-0.25, -0.2) is 0 Å². The molecule has 0 aromatic rings. The normalized spacial score (nSPS) is 9.93. The van der Waals surface area contributed by atoms with Crippen molar-refractivity contribution < 1.29 is 14.7 Å². The molecule has 0 saturated heterocycles. The number of carbonyl (C=O) groups is 2. The third-order valence-corrected chi connectivity index (χ3v) is 1.90. The lowest BCUT2D eigenvalue weighted by Crippen LogP contribution is -2.27. The van der Waals surface area contributed by atoms with Gasteiger partial charge in [-0.2, -0.15) is 0 Å². The number of hydrogen-bond acceptors (Lipinski definition) is 3. The van der Waals surface area contributed by atoms with E-state index >= 15 is 0 Å². The quantitative estimate of drug-likeness (QED) is 0.486. The minimum Gasteiger partial charge on any atom is -0.481 e. The van der Waals surface area contributed by atoms with E-state index in [2.05, 4.69) is 10.6 Å². The minimum absolute atomic E-state index is 0.0514. The summed E-state index contributed by atoms with van der Waals surface area (Å²) in [6, 6.07) is 0. The van der Waals surface area contributed by atoms with E-state index in [0.717, 1.165) is 13.0 Å². The Morgan fingerprint density at radius 3 is 2.47 bits per heavy atom. The lowest BCUT2D eigenvalue weighted by Gasteiger charge is -2.04. The van der Waals surface area contributed by atoms with Crippen molar-refractivity contribution in [1.82, 2.24) is 10.6 Å². The fraction of sp³-hybridized carbons (Fsp3) is 0.800. The van der Waals surface area contributed by atoms with Crippen LogP contribution < -0.4 is 10.6 Å². The standard InChI is InChI=1S/C10H20N2O3/c1-2-12-9(13)6-8-11-7-4-3-5-10(14)15/h11H,2-8H2,1H3,(H,12,13)(H,14,15). The number of amides is 1. The first-order valence-electron chi connectivity index (χ1n) is 5.36. The van der Waals surface area contributed by atoms with Crippen LogP contribution in [0.4, 0.5) is 0 Å². The number of aliphatic carboxylic acids is 1. The molecule has 0 aliphatic heterocycles. The molecule has 0 fully saturated rings. The molecule has 0 atom stereocenters. The predicted octanol–water partition coefficient (Wildman–Crippen LogP) is 0.357. The highest BCUT2D eigenvalue weighted by molar-refractivity contribution is 5.75. The van der Waals surface area contributed by atoms with Crippen LogP contribution in [0.15, 0.2) is 0 Å². The summed E-state index contributed by atoms with van der Waals surface area (Å²) in [6.45, 7) is 3.97. The highest BCUT2D eigenvalue weighted by Crippen LogP contribution is 1.93. The average molecular weight is 216 g/mol. The maximum Gasteiger partial charge on any atom is 0.303 e. The zero-order valence-corrected chi connectivity index (χ0v) is 9.21. The number of carboxylic acids is 1. The van der Waals surface area contributed by atoms with Gasteiger partial charge in [0.2, 0.25) is 5.91 Å². The van der Waals surface area contributed by atoms with Crippen LogP contribution in [0.3, 0.4) is 0 Å². The molecule has 0 unspecified atom stereocenters. The molecule has 0 aromatic carbocycles. The van der Waals surface area contributed by atoms with Crippen LogP contribution in [-0.2, 0) is 9.59 Å². The van der Waals surface area contributed by atoms with Gasteiger partial charge in [-0.1, -0.05) is 0 Å². The zero-order chi connectivity index (χ0) is 11.5. The monoisotopic (exact) mass is 216 g/mol. The first-order valence-corrected chi connectivity index (χ1v) is 5.36. The van der Waals surface area contributed by atoms with E-state index in [1.807, 2.05) is 6.92 Å². The molecule has 0 aliphatic carbocycles. The van der Waals surface area contributed by atoms with Crippen molar-refractivity contribution in [2.24, 2.45) is 0 Å². The molecular weight excluding hydrogens is 196 g/mol. The Labute approximate surface area is 90.2 Å². The summed E-state index contributed by atoms with van der Waals surface area (Å²) in [7, 11) is 0. The first-order chi connectivity index (χ1) is 7.16. The van der Waals surface area contributed by atoms with E-state index in [1.54, 1.807) is 0 Å². The summed E-state index contributed by atoms with van der Waals surface area (Å²) in [6.07, 6.45) is 2.22. The predicted molar refractivity (Wildman–Crippen MR) is 57.7 cm³/mol. The van der Waals surface area contributed by atoms with Gasteiger partial charge in [0.15, 0.2) is 0 Å². The number of carboxylic acid groups (broad SMARTS) is 1. The summed E-state index contributed by atoms with van der Waals surface area (Å²) in [4.78, 5) is 21.2. The highest BCUT2D eigenvalue weighted by atomic mass is 16.4. The molecule has 0 aromatic heterocycles. The topological polar surface area (TPSA) is 78.4 Å². The second-order valence-electron chi connectivity index (χ2n) is 3.30. The fourth-order valence-corrected chi connectivity index (χ4v) is 1.14. The maximum atomic E-state index is 11.0. The van der Waals surface area contributed by atoms with E-state index in [4.69, 9.17) is 5.11 Å². The van der Waals surface area contributed by atoms with Gasteiger partial charge < -0.3 is 15.7 Å². The molecule has 0 rings (SSSR count).